The second kappa shape index (κ2) is 3.33. The van der Waals surface area contributed by atoms with Crippen LogP contribution in [-0.2, 0) is 0 Å². The lowest BCUT2D eigenvalue weighted by atomic mass is 9.79. The van der Waals surface area contributed by atoms with Gasteiger partial charge >= 0.3 is 12.4 Å². The van der Waals surface area contributed by atoms with Crippen LogP contribution in [0.4, 0.5) is 26.3 Å². The van der Waals surface area contributed by atoms with E-state index >= 15 is 0 Å². The quantitative estimate of drug-likeness (QED) is 0.461. The molecule has 0 heterocycles. The van der Waals surface area contributed by atoms with Crippen LogP contribution in [0.2, 0.25) is 0 Å². The molecule has 0 N–H and O–H groups in total. The van der Waals surface area contributed by atoms with Crippen molar-refractivity contribution in [2.75, 3.05) is 0 Å². The van der Waals surface area contributed by atoms with E-state index in [9.17, 15) is 26.3 Å². The van der Waals surface area contributed by atoms with E-state index in [4.69, 9.17) is 0 Å². The zero-order chi connectivity index (χ0) is 13.3. The highest BCUT2D eigenvalue weighted by Crippen LogP contribution is 2.63. The summed E-state index contributed by atoms with van der Waals surface area (Å²) in [7, 11) is 0. The molecule has 6 heteroatoms. The van der Waals surface area contributed by atoms with Gasteiger partial charge in [0.15, 0.2) is 0 Å². The maximum atomic E-state index is 12.9. The van der Waals surface area contributed by atoms with Gasteiger partial charge in [0.25, 0.3) is 0 Å². The minimum absolute atomic E-state index is 0.613. The molecule has 0 spiro atoms. The van der Waals surface area contributed by atoms with Gasteiger partial charge in [-0.25, -0.2) is 0 Å². The van der Waals surface area contributed by atoms with Crippen molar-refractivity contribution < 1.29 is 26.3 Å². The fourth-order valence-electron chi connectivity index (χ4n) is 3.88. The third kappa shape index (κ3) is 1.47. The van der Waals surface area contributed by atoms with Crippen molar-refractivity contribution in [2.45, 2.75) is 12.4 Å². The fraction of sp³-hybridized carbons (Fsp3) is 0.667. The molecule has 6 unspecified atom stereocenters. The van der Waals surface area contributed by atoms with E-state index in [0.29, 0.717) is 0 Å². The number of halogens is 6. The Balaban J connectivity index is 1.95. The van der Waals surface area contributed by atoms with Crippen molar-refractivity contribution >= 4 is 0 Å². The van der Waals surface area contributed by atoms with Gasteiger partial charge in [-0.05, 0) is 23.7 Å². The molecule has 0 amide bonds. The summed E-state index contributed by atoms with van der Waals surface area (Å²) in [5.41, 5.74) is 0. The average molecular weight is 268 g/mol. The first-order valence-corrected chi connectivity index (χ1v) is 5.71. The van der Waals surface area contributed by atoms with Gasteiger partial charge < -0.3 is 0 Å². The van der Waals surface area contributed by atoms with Gasteiger partial charge in [0, 0.05) is 0 Å². The van der Waals surface area contributed by atoms with E-state index in [1.807, 2.05) is 0 Å². The summed E-state index contributed by atoms with van der Waals surface area (Å²) in [6.07, 6.45) is -3.75. The molecule has 1 fully saturated rings. The normalized spacial score (nSPS) is 45.9. The van der Waals surface area contributed by atoms with E-state index in [2.05, 4.69) is 0 Å². The van der Waals surface area contributed by atoms with E-state index < -0.39 is 47.9 Å². The number of hydrogen-bond acceptors (Lipinski definition) is 0. The number of fused-ring (bicyclic) bond motifs is 5. The number of hydrogen-bond donors (Lipinski definition) is 0. The smallest absolute Gasteiger partial charge is 0.171 e. The predicted octanol–water partition coefficient (Wildman–Crippen LogP) is 3.96. The van der Waals surface area contributed by atoms with E-state index in [0.717, 1.165) is 6.08 Å². The zero-order valence-corrected chi connectivity index (χ0v) is 9.04. The molecule has 3 aliphatic rings. The third-order valence-corrected chi connectivity index (χ3v) is 4.43. The Kier molecular flexibility index (Phi) is 2.24. The summed E-state index contributed by atoms with van der Waals surface area (Å²) in [5.74, 6) is -6.79. The summed E-state index contributed by atoms with van der Waals surface area (Å²) in [4.78, 5) is 0. The minimum atomic E-state index is -4.45. The second-order valence-corrected chi connectivity index (χ2v) is 5.21. The van der Waals surface area contributed by atoms with Gasteiger partial charge in [-0.15, -0.1) is 0 Å². The highest BCUT2D eigenvalue weighted by Gasteiger charge is 2.66. The number of allylic oxidation sites excluding steroid dienone is 4. The molecule has 0 aromatic rings. The SMILES string of the molecule is FC(F)(F)C1C=CC2C3C=CC(C21)C3C(F)(F)F. The molecule has 18 heavy (non-hydrogen) atoms. The standard InChI is InChI=1S/C12H10F6/c13-11(14,15)8-4-3-5-6-1-2-7(9(5)8)10(6)12(16,17)18/h1-10H. The van der Waals surface area contributed by atoms with Crippen LogP contribution >= 0.6 is 0 Å². The second-order valence-electron chi connectivity index (χ2n) is 5.21. The molecular formula is C12H10F6. The first-order valence-electron chi connectivity index (χ1n) is 5.71. The van der Waals surface area contributed by atoms with Gasteiger partial charge in [0.1, 0.15) is 0 Å². The molecule has 0 nitrogen and oxygen atoms in total. The first kappa shape index (κ1) is 12.1. The molecule has 3 rings (SSSR count). The van der Waals surface area contributed by atoms with Crippen LogP contribution in [-0.4, -0.2) is 12.4 Å². The zero-order valence-electron chi connectivity index (χ0n) is 9.04. The Morgan fingerprint density at radius 1 is 0.611 bits per heavy atom. The lowest BCUT2D eigenvalue weighted by molar-refractivity contribution is -0.195. The topological polar surface area (TPSA) is 0 Å². The summed E-state index contributed by atoms with van der Waals surface area (Å²) in [5, 5.41) is 0. The predicted molar refractivity (Wildman–Crippen MR) is 51.3 cm³/mol. The maximum absolute atomic E-state index is 12.9. The summed E-state index contributed by atoms with van der Waals surface area (Å²) >= 11 is 0. The van der Waals surface area contributed by atoms with E-state index in [1.165, 1.54) is 18.2 Å². The van der Waals surface area contributed by atoms with Crippen molar-refractivity contribution in [3.05, 3.63) is 24.3 Å². The first-order chi connectivity index (χ1) is 8.21. The van der Waals surface area contributed by atoms with Gasteiger partial charge in [0.05, 0.1) is 11.8 Å². The average Bonchev–Trinajstić information content (AvgIpc) is 2.84. The Morgan fingerprint density at radius 2 is 1.17 bits per heavy atom. The van der Waals surface area contributed by atoms with Gasteiger partial charge in [-0.1, -0.05) is 24.3 Å². The lowest BCUT2D eigenvalue weighted by Gasteiger charge is -2.28. The minimum Gasteiger partial charge on any atom is -0.171 e. The van der Waals surface area contributed by atoms with E-state index in [1.54, 1.807) is 0 Å². The molecule has 0 aromatic heterocycles. The van der Waals surface area contributed by atoms with Crippen LogP contribution in [0.3, 0.4) is 0 Å². The van der Waals surface area contributed by atoms with Crippen LogP contribution < -0.4 is 0 Å². The molecule has 3 aliphatic carbocycles. The Morgan fingerprint density at radius 3 is 1.72 bits per heavy atom. The third-order valence-electron chi connectivity index (χ3n) is 4.43. The Hall–Kier alpha value is -0.940. The van der Waals surface area contributed by atoms with Gasteiger partial charge in [-0.2, -0.15) is 26.3 Å². The van der Waals surface area contributed by atoms with Crippen LogP contribution in [0.5, 0.6) is 0 Å². The molecule has 2 bridgehead atoms. The van der Waals surface area contributed by atoms with Crippen LogP contribution in [0.15, 0.2) is 24.3 Å². The molecule has 100 valence electrons. The van der Waals surface area contributed by atoms with Crippen molar-refractivity contribution in [3.8, 4) is 0 Å². The molecule has 0 saturated heterocycles. The monoisotopic (exact) mass is 268 g/mol. The van der Waals surface area contributed by atoms with Gasteiger partial charge in [0.2, 0.25) is 0 Å². The Bertz CT molecular complexity index is 415. The molecule has 1 saturated carbocycles. The fourth-order valence-corrected chi connectivity index (χ4v) is 3.88. The highest BCUT2D eigenvalue weighted by molar-refractivity contribution is 5.28. The molecule has 0 aromatic carbocycles. The van der Waals surface area contributed by atoms with Gasteiger partial charge in [-0.3, -0.25) is 0 Å². The Labute approximate surface area is 99.4 Å². The largest absolute Gasteiger partial charge is 0.395 e. The van der Waals surface area contributed by atoms with E-state index in [-0.39, 0.29) is 0 Å². The molecule has 0 aliphatic heterocycles. The van der Waals surface area contributed by atoms with Crippen LogP contribution in [0.25, 0.3) is 0 Å². The summed E-state index contributed by atoms with van der Waals surface area (Å²) in [6.45, 7) is 0. The lowest BCUT2D eigenvalue weighted by Crippen LogP contribution is -2.33. The van der Waals surface area contributed by atoms with Crippen LogP contribution in [0.1, 0.15) is 0 Å². The van der Waals surface area contributed by atoms with Crippen molar-refractivity contribution in [1.82, 2.24) is 0 Å². The summed E-state index contributed by atoms with van der Waals surface area (Å²) in [6, 6.07) is 0. The maximum Gasteiger partial charge on any atom is 0.395 e. The van der Waals surface area contributed by atoms with Crippen molar-refractivity contribution in [2.24, 2.45) is 35.5 Å². The van der Waals surface area contributed by atoms with Crippen molar-refractivity contribution in [3.63, 3.8) is 0 Å². The molecule has 6 atom stereocenters. The number of rotatable bonds is 0. The van der Waals surface area contributed by atoms with Crippen LogP contribution in [0, 0.1) is 35.5 Å². The molecule has 0 radical (unpaired) electrons. The highest BCUT2D eigenvalue weighted by atomic mass is 19.4. The number of alkyl halides is 6. The summed E-state index contributed by atoms with van der Waals surface area (Å²) < 4.78 is 77.0. The van der Waals surface area contributed by atoms with Crippen molar-refractivity contribution in [1.29, 1.82) is 0 Å². The molecular weight excluding hydrogens is 258 g/mol.